The maximum absolute atomic E-state index is 12.4. The molecule has 0 aromatic rings. The van der Waals surface area contributed by atoms with Crippen LogP contribution in [0.2, 0.25) is 0 Å². The molecule has 1 N–H and O–H groups in total. The normalized spacial score (nSPS) is 20.2. The van der Waals surface area contributed by atoms with Crippen molar-refractivity contribution in [3.63, 3.8) is 0 Å². The minimum atomic E-state index is -0.559. The summed E-state index contributed by atoms with van der Waals surface area (Å²) in [5, 5.41) is 2.43. The Morgan fingerprint density at radius 3 is 2.43 bits per heavy atom. The Kier molecular flexibility index (Phi) is 4.29. The Labute approximate surface area is 123 Å². The van der Waals surface area contributed by atoms with Crippen LogP contribution in [0.5, 0.6) is 0 Å². The summed E-state index contributed by atoms with van der Waals surface area (Å²) in [5.74, 6) is -1.23. The van der Waals surface area contributed by atoms with Gasteiger partial charge in [-0.05, 0) is 12.8 Å². The summed E-state index contributed by atoms with van der Waals surface area (Å²) < 4.78 is 0. The maximum Gasteiger partial charge on any atom is 0.241 e. The van der Waals surface area contributed by atoms with Gasteiger partial charge in [0.25, 0.3) is 0 Å². The van der Waals surface area contributed by atoms with E-state index in [0.29, 0.717) is 0 Å². The quantitative estimate of drug-likeness (QED) is 0.709. The molecule has 0 bridgehead atoms. The van der Waals surface area contributed by atoms with Crippen LogP contribution in [0.3, 0.4) is 0 Å². The molecule has 21 heavy (non-hydrogen) atoms. The number of nitrogens with zero attached hydrogens (tertiary/aromatic N) is 2. The van der Waals surface area contributed by atoms with E-state index in [9.17, 15) is 19.2 Å². The zero-order chi connectivity index (χ0) is 15.6. The summed E-state index contributed by atoms with van der Waals surface area (Å²) in [7, 11) is 3.18. The first-order chi connectivity index (χ1) is 9.85. The fourth-order valence-electron chi connectivity index (χ4n) is 2.99. The third-order valence-corrected chi connectivity index (χ3v) is 4.29. The Morgan fingerprint density at radius 1 is 1.24 bits per heavy atom. The lowest BCUT2D eigenvalue weighted by molar-refractivity contribution is -0.144. The number of carbonyl (C=O) groups excluding carboxylic acids is 4. The number of carbonyl (C=O) groups is 4. The molecule has 2 rings (SSSR count). The summed E-state index contributed by atoms with van der Waals surface area (Å²) in [6, 6.07) is 0. The van der Waals surface area contributed by atoms with Crippen LogP contribution >= 0.6 is 0 Å². The largest absolute Gasteiger partial charge is 0.347 e. The molecule has 2 fully saturated rings. The van der Waals surface area contributed by atoms with Gasteiger partial charge in [-0.2, -0.15) is 0 Å². The molecule has 1 aliphatic heterocycles. The highest BCUT2D eigenvalue weighted by atomic mass is 16.2. The molecule has 1 spiro atoms. The van der Waals surface area contributed by atoms with E-state index in [1.807, 2.05) is 0 Å². The first-order valence-corrected chi connectivity index (χ1v) is 7.17. The number of likely N-dealkylation sites (tertiary alicyclic amines) is 1. The van der Waals surface area contributed by atoms with Gasteiger partial charge in [-0.25, -0.2) is 0 Å². The van der Waals surface area contributed by atoms with Gasteiger partial charge < -0.3 is 10.2 Å². The first kappa shape index (κ1) is 15.5. The lowest BCUT2D eigenvalue weighted by Gasteiger charge is -2.20. The Balaban J connectivity index is 1.90. The van der Waals surface area contributed by atoms with E-state index in [0.717, 1.165) is 30.6 Å². The second kappa shape index (κ2) is 5.83. The van der Waals surface area contributed by atoms with Gasteiger partial charge in [0.2, 0.25) is 23.6 Å². The molecule has 7 nitrogen and oxygen atoms in total. The summed E-state index contributed by atoms with van der Waals surface area (Å²) in [5.41, 5.74) is -0.559. The fraction of sp³-hybridized carbons (Fsp3) is 0.714. The molecule has 1 aliphatic carbocycles. The van der Waals surface area contributed by atoms with Crippen molar-refractivity contribution < 1.29 is 19.2 Å². The third-order valence-electron chi connectivity index (χ3n) is 4.29. The smallest absolute Gasteiger partial charge is 0.241 e. The average molecular weight is 295 g/mol. The second-order valence-electron chi connectivity index (χ2n) is 6.01. The molecule has 7 heteroatoms. The van der Waals surface area contributed by atoms with Crippen LogP contribution in [0, 0.1) is 5.41 Å². The molecule has 0 aromatic carbocycles. The van der Waals surface area contributed by atoms with E-state index in [1.165, 1.54) is 4.90 Å². The molecule has 0 atom stereocenters. The van der Waals surface area contributed by atoms with Crippen LogP contribution in [0.25, 0.3) is 0 Å². The fourth-order valence-corrected chi connectivity index (χ4v) is 2.99. The van der Waals surface area contributed by atoms with Gasteiger partial charge in [-0.15, -0.1) is 0 Å². The topological polar surface area (TPSA) is 86.8 Å². The molecular weight excluding hydrogens is 274 g/mol. The number of nitrogens with one attached hydrogen (secondary N) is 1. The van der Waals surface area contributed by atoms with Crippen molar-refractivity contribution >= 4 is 23.6 Å². The number of likely N-dealkylation sites (N-methyl/N-ethyl adjacent to an activating group) is 1. The summed E-state index contributed by atoms with van der Waals surface area (Å²) in [4.78, 5) is 49.9. The van der Waals surface area contributed by atoms with E-state index in [1.54, 1.807) is 14.1 Å². The van der Waals surface area contributed by atoms with Crippen LogP contribution in [-0.2, 0) is 19.2 Å². The van der Waals surface area contributed by atoms with Gasteiger partial charge in [0.05, 0.1) is 12.0 Å². The van der Waals surface area contributed by atoms with Gasteiger partial charge in [0.15, 0.2) is 0 Å². The van der Waals surface area contributed by atoms with Crippen molar-refractivity contribution in [2.24, 2.45) is 5.41 Å². The summed E-state index contributed by atoms with van der Waals surface area (Å²) in [6.45, 7) is -0.423. The number of amides is 4. The zero-order valence-electron chi connectivity index (χ0n) is 12.5. The monoisotopic (exact) mass is 295 g/mol. The van der Waals surface area contributed by atoms with Gasteiger partial charge in [-0.3, -0.25) is 24.1 Å². The maximum atomic E-state index is 12.4. The minimum Gasteiger partial charge on any atom is -0.347 e. The van der Waals surface area contributed by atoms with Crippen LogP contribution in [0.4, 0.5) is 0 Å². The van der Waals surface area contributed by atoms with Crippen molar-refractivity contribution in [3.8, 4) is 0 Å². The van der Waals surface area contributed by atoms with E-state index >= 15 is 0 Å². The number of rotatable bonds is 4. The van der Waals surface area contributed by atoms with Crippen molar-refractivity contribution in [1.82, 2.24) is 15.1 Å². The predicted octanol–water partition coefficient (Wildman–Crippen LogP) is -0.490. The minimum absolute atomic E-state index is 0.132. The second-order valence-corrected chi connectivity index (χ2v) is 6.01. The SMILES string of the molecule is CN(C)C(=O)CNC(=O)CN1C(=O)CC2(CCCC2)C1=O. The van der Waals surface area contributed by atoms with Crippen molar-refractivity contribution in [2.75, 3.05) is 27.2 Å². The Hall–Kier alpha value is -1.92. The lowest BCUT2D eigenvalue weighted by Crippen LogP contribution is -2.44. The third kappa shape index (κ3) is 3.06. The molecule has 116 valence electrons. The number of hydrogen-bond donors (Lipinski definition) is 1. The highest BCUT2D eigenvalue weighted by molar-refractivity contribution is 6.08. The van der Waals surface area contributed by atoms with E-state index in [-0.39, 0.29) is 37.2 Å². The molecule has 1 saturated heterocycles. The highest BCUT2D eigenvalue weighted by Crippen LogP contribution is 2.46. The van der Waals surface area contributed by atoms with Gasteiger partial charge in [0.1, 0.15) is 6.54 Å². The van der Waals surface area contributed by atoms with Crippen molar-refractivity contribution in [2.45, 2.75) is 32.1 Å². The lowest BCUT2D eigenvalue weighted by atomic mass is 9.84. The van der Waals surface area contributed by atoms with Crippen LogP contribution in [0.15, 0.2) is 0 Å². The predicted molar refractivity (Wildman–Crippen MR) is 73.9 cm³/mol. The first-order valence-electron chi connectivity index (χ1n) is 7.17. The van der Waals surface area contributed by atoms with Crippen LogP contribution < -0.4 is 5.32 Å². The molecule has 4 amide bonds. The molecule has 0 unspecified atom stereocenters. The zero-order valence-corrected chi connectivity index (χ0v) is 12.5. The standard InChI is InChI=1S/C14H21N3O4/c1-16(2)12(20)8-15-10(18)9-17-11(19)7-14(13(17)21)5-3-4-6-14/h3-9H2,1-2H3,(H,15,18). The highest BCUT2D eigenvalue weighted by Gasteiger charge is 2.52. The number of imide groups is 1. The molecule has 2 aliphatic rings. The Morgan fingerprint density at radius 2 is 1.86 bits per heavy atom. The van der Waals surface area contributed by atoms with Crippen molar-refractivity contribution in [1.29, 1.82) is 0 Å². The van der Waals surface area contributed by atoms with Crippen LogP contribution in [0.1, 0.15) is 32.1 Å². The average Bonchev–Trinajstić information content (AvgIpc) is 2.98. The van der Waals surface area contributed by atoms with Crippen molar-refractivity contribution in [3.05, 3.63) is 0 Å². The molecule has 0 radical (unpaired) electrons. The Bertz CT molecular complexity index is 481. The molecule has 1 saturated carbocycles. The van der Waals surface area contributed by atoms with E-state index in [4.69, 9.17) is 0 Å². The van der Waals surface area contributed by atoms with Crippen LogP contribution in [-0.4, -0.2) is 60.6 Å². The number of hydrogen-bond acceptors (Lipinski definition) is 4. The summed E-state index contributed by atoms with van der Waals surface area (Å²) in [6.07, 6.45) is 3.59. The molecule has 1 heterocycles. The van der Waals surface area contributed by atoms with E-state index < -0.39 is 11.3 Å². The van der Waals surface area contributed by atoms with Gasteiger partial charge >= 0.3 is 0 Å². The van der Waals surface area contributed by atoms with Gasteiger partial charge in [0, 0.05) is 20.5 Å². The molecule has 0 aromatic heterocycles. The summed E-state index contributed by atoms with van der Waals surface area (Å²) >= 11 is 0. The van der Waals surface area contributed by atoms with Gasteiger partial charge in [-0.1, -0.05) is 12.8 Å². The van der Waals surface area contributed by atoms with E-state index in [2.05, 4.69) is 5.32 Å². The molecular formula is C14H21N3O4.